The van der Waals surface area contributed by atoms with Crippen molar-refractivity contribution >= 4 is 109 Å². The van der Waals surface area contributed by atoms with Gasteiger partial charge in [0.2, 0.25) is 0 Å². The Morgan fingerprint density at radius 3 is 1.33 bits per heavy atom. The molecule has 0 aliphatic rings. The molecule has 15 aromatic rings. The number of nitrogens with zero attached hydrogens (tertiary/aromatic N) is 3. The summed E-state index contributed by atoms with van der Waals surface area (Å²) in [5.74, 6) is 0. The van der Waals surface area contributed by atoms with Crippen LogP contribution in [-0.2, 0) is 0 Å². The van der Waals surface area contributed by atoms with Crippen LogP contribution < -0.4 is 0 Å². The number of aromatic nitrogens is 3. The SMILES string of the molecule is c1ccc(-n2c3ccccc3c3ccc4c5cc(-c6ccc7c(c6)c6ccccc6n7-c6ccc7c(c6)c6cccc8oc9cccc7c9c86)ccc5n(-c5ccccc5)c4c32)cc1. The zero-order valence-corrected chi connectivity index (χ0v) is 34.5. The molecule has 0 spiro atoms. The second-order valence-corrected chi connectivity index (χ2v) is 17.2. The molecule has 0 unspecified atom stereocenters. The molecule has 4 heterocycles. The van der Waals surface area contributed by atoms with E-state index >= 15 is 0 Å². The molecular weight excluding hydrogens is 779 g/mol. The lowest BCUT2D eigenvalue weighted by Gasteiger charge is -2.13. The van der Waals surface area contributed by atoms with Crippen molar-refractivity contribution in [1.29, 1.82) is 0 Å². The predicted molar refractivity (Wildman–Crippen MR) is 268 cm³/mol. The highest BCUT2D eigenvalue weighted by Gasteiger charge is 2.23. The maximum atomic E-state index is 6.36. The maximum Gasteiger partial charge on any atom is 0.136 e. The fourth-order valence-electron chi connectivity index (χ4n) is 11.3. The Hall–Kier alpha value is -8.60. The van der Waals surface area contributed by atoms with Gasteiger partial charge in [0, 0.05) is 60.2 Å². The van der Waals surface area contributed by atoms with Crippen molar-refractivity contribution in [3.63, 3.8) is 0 Å². The van der Waals surface area contributed by atoms with Crippen molar-refractivity contribution in [3.05, 3.63) is 212 Å². The third-order valence-corrected chi connectivity index (χ3v) is 14.0. The van der Waals surface area contributed by atoms with Crippen LogP contribution in [0.15, 0.2) is 217 Å². The second kappa shape index (κ2) is 12.5. The summed E-state index contributed by atoms with van der Waals surface area (Å²) in [6, 6.07) is 77.8. The van der Waals surface area contributed by atoms with Crippen molar-refractivity contribution in [1.82, 2.24) is 13.7 Å². The molecule has 4 aromatic heterocycles. The maximum absolute atomic E-state index is 6.36. The zero-order valence-electron chi connectivity index (χ0n) is 34.5. The zero-order chi connectivity index (χ0) is 41.6. The lowest BCUT2D eigenvalue weighted by atomic mass is 9.94. The highest BCUT2D eigenvalue weighted by Crippen LogP contribution is 2.46. The quantitative estimate of drug-likeness (QED) is 0.163. The van der Waals surface area contributed by atoms with Gasteiger partial charge in [-0.15, -0.1) is 0 Å². The van der Waals surface area contributed by atoms with Gasteiger partial charge in [-0.2, -0.15) is 0 Å². The molecule has 0 saturated carbocycles. The number of furan rings is 1. The van der Waals surface area contributed by atoms with Crippen LogP contribution in [-0.4, -0.2) is 13.7 Å². The molecule has 0 bridgehead atoms. The summed E-state index contributed by atoms with van der Waals surface area (Å²) in [6.07, 6.45) is 0. The first kappa shape index (κ1) is 34.0. The lowest BCUT2D eigenvalue weighted by Crippen LogP contribution is -1.98. The molecule has 11 aromatic carbocycles. The highest BCUT2D eigenvalue weighted by molar-refractivity contribution is 6.33. The van der Waals surface area contributed by atoms with E-state index in [1.807, 2.05) is 0 Å². The van der Waals surface area contributed by atoms with E-state index in [9.17, 15) is 0 Å². The smallest absolute Gasteiger partial charge is 0.136 e. The second-order valence-electron chi connectivity index (χ2n) is 17.2. The molecular formula is C60H35N3O. The first-order chi connectivity index (χ1) is 31.8. The van der Waals surface area contributed by atoms with E-state index in [0.717, 1.165) is 28.2 Å². The normalized spacial score (nSPS) is 12.4. The summed E-state index contributed by atoms with van der Waals surface area (Å²) >= 11 is 0. The van der Waals surface area contributed by atoms with E-state index < -0.39 is 0 Å². The Bertz CT molecular complexity index is 4410. The van der Waals surface area contributed by atoms with Gasteiger partial charge in [-0.05, 0) is 118 Å². The van der Waals surface area contributed by atoms with E-state index in [4.69, 9.17) is 4.42 Å². The lowest BCUT2D eigenvalue weighted by molar-refractivity contribution is 0.669. The Morgan fingerprint density at radius 2 is 0.703 bits per heavy atom. The van der Waals surface area contributed by atoms with Crippen LogP contribution in [0.5, 0.6) is 0 Å². The van der Waals surface area contributed by atoms with Crippen LogP contribution >= 0.6 is 0 Å². The van der Waals surface area contributed by atoms with Gasteiger partial charge in [-0.25, -0.2) is 0 Å². The van der Waals surface area contributed by atoms with Gasteiger partial charge in [0.25, 0.3) is 0 Å². The first-order valence-corrected chi connectivity index (χ1v) is 22.0. The largest absolute Gasteiger partial charge is 0.456 e. The Balaban J connectivity index is 0.959. The molecule has 0 amide bonds. The fourth-order valence-corrected chi connectivity index (χ4v) is 11.3. The van der Waals surface area contributed by atoms with Crippen molar-refractivity contribution < 1.29 is 4.42 Å². The summed E-state index contributed by atoms with van der Waals surface area (Å²) in [4.78, 5) is 0. The monoisotopic (exact) mass is 813 g/mol. The summed E-state index contributed by atoms with van der Waals surface area (Å²) < 4.78 is 13.7. The van der Waals surface area contributed by atoms with Crippen molar-refractivity contribution in [2.24, 2.45) is 0 Å². The Labute approximate surface area is 366 Å². The summed E-state index contributed by atoms with van der Waals surface area (Å²) in [5, 5.41) is 14.8. The van der Waals surface area contributed by atoms with E-state index in [1.165, 1.54) is 109 Å². The van der Waals surface area contributed by atoms with Crippen LogP contribution in [0.2, 0.25) is 0 Å². The fraction of sp³-hybridized carbons (Fsp3) is 0. The summed E-state index contributed by atoms with van der Waals surface area (Å²) in [7, 11) is 0. The van der Waals surface area contributed by atoms with Gasteiger partial charge in [0.1, 0.15) is 11.2 Å². The predicted octanol–water partition coefficient (Wildman–Crippen LogP) is 16.3. The number of hydrogen-bond acceptors (Lipinski definition) is 1. The van der Waals surface area contributed by atoms with Crippen molar-refractivity contribution in [2.45, 2.75) is 0 Å². The van der Waals surface area contributed by atoms with Crippen LogP contribution in [0.3, 0.4) is 0 Å². The topological polar surface area (TPSA) is 27.9 Å². The van der Waals surface area contributed by atoms with Crippen molar-refractivity contribution in [2.75, 3.05) is 0 Å². The Morgan fingerprint density at radius 1 is 0.250 bits per heavy atom. The summed E-state index contributed by atoms with van der Waals surface area (Å²) in [6.45, 7) is 0. The third-order valence-electron chi connectivity index (χ3n) is 14.0. The molecule has 0 aliphatic carbocycles. The van der Waals surface area contributed by atoms with Crippen LogP contribution in [0.1, 0.15) is 0 Å². The number of benzene rings is 11. The molecule has 0 saturated heterocycles. The minimum atomic E-state index is 0.937. The molecule has 4 heteroatoms. The minimum absolute atomic E-state index is 0.937. The van der Waals surface area contributed by atoms with E-state index in [2.05, 4.69) is 226 Å². The molecule has 0 atom stereocenters. The molecule has 4 nitrogen and oxygen atoms in total. The van der Waals surface area contributed by atoms with Crippen LogP contribution in [0, 0.1) is 0 Å². The molecule has 15 rings (SSSR count). The first-order valence-electron chi connectivity index (χ1n) is 22.0. The van der Waals surface area contributed by atoms with Gasteiger partial charge in [-0.1, -0.05) is 127 Å². The number of rotatable bonds is 4. The molecule has 296 valence electrons. The summed E-state index contributed by atoms with van der Waals surface area (Å²) in [5.41, 5.74) is 14.9. The molecule has 0 radical (unpaired) electrons. The van der Waals surface area contributed by atoms with Gasteiger partial charge in [0.15, 0.2) is 0 Å². The average molecular weight is 814 g/mol. The number of hydrogen-bond donors (Lipinski definition) is 0. The number of para-hydroxylation sites is 4. The van der Waals surface area contributed by atoms with Gasteiger partial charge >= 0.3 is 0 Å². The number of fused-ring (bicyclic) bond motifs is 13. The van der Waals surface area contributed by atoms with Crippen LogP contribution in [0.25, 0.3) is 137 Å². The van der Waals surface area contributed by atoms with Gasteiger partial charge in [-0.3, -0.25) is 0 Å². The minimum Gasteiger partial charge on any atom is -0.456 e. The van der Waals surface area contributed by atoms with E-state index in [1.54, 1.807) is 0 Å². The van der Waals surface area contributed by atoms with E-state index in [0.29, 0.717) is 0 Å². The molecule has 0 N–H and O–H groups in total. The molecule has 0 aliphatic heterocycles. The molecule has 0 fully saturated rings. The van der Waals surface area contributed by atoms with E-state index in [-0.39, 0.29) is 0 Å². The molecule has 64 heavy (non-hydrogen) atoms. The van der Waals surface area contributed by atoms with Gasteiger partial charge < -0.3 is 18.1 Å². The standard InChI is InChI=1S/C60H35N3O/c1-3-13-38(14-4-1)62-52-22-10-7-17-42(52)46-29-30-47-50-34-37(26-32-54(50)63(60(47)59(46)62)39-15-5-2-6-16-39)36-25-31-53-49(33-36)43-18-8-9-21-51(43)61(53)40-27-28-41-44-19-11-23-55-57(44)58-45(48(41)35-40)20-12-24-56(58)64-55/h1-35H. The average Bonchev–Trinajstić information content (AvgIpc) is 4.10. The Kier molecular flexibility index (Phi) is 6.65. The van der Waals surface area contributed by atoms with Crippen LogP contribution in [0.4, 0.5) is 0 Å². The third kappa shape index (κ3) is 4.46. The van der Waals surface area contributed by atoms with Crippen molar-refractivity contribution in [3.8, 4) is 28.2 Å². The van der Waals surface area contributed by atoms with Gasteiger partial charge in [0.05, 0.1) is 33.1 Å². The highest BCUT2D eigenvalue weighted by atomic mass is 16.3.